The summed E-state index contributed by atoms with van der Waals surface area (Å²) in [5.41, 5.74) is 19.2. The normalized spacial score (nSPS) is 33.3. The van der Waals surface area contributed by atoms with Crippen molar-refractivity contribution < 1.29 is 100 Å². The van der Waals surface area contributed by atoms with Gasteiger partial charge >= 0.3 is 36.3 Å². The van der Waals surface area contributed by atoms with Crippen molar-refractivity contribution in [2.45, 2.75) is 289 Å². The first kappa shape index (κ1) is 109. The van der Waals surface area contributed by atoms with E-state index in [0.717, 1.165) is 11.1 Å². The number of aryl methyl sites for hydroxylation is 1. The van der Waals surface area contributed by atoms with Crippen LogP contribution in [0.2, 0.25) is 0 Å². The smallest absolute Gasteiger partial charge is 0.410 e. The lowest BCUT2D eigenvalue weighted by Crippen LogP contribution is -2.61. The molecule has 6 aliphatic heterocycles. The Hall–Kier alpha value is -9.55. The third-order valence-electron chi connectivity index (χ3n) is 26.7. The molecular weight excluding hydrogens is 1700 g/mol. The van der Waals surface area contributed by atoms with Crippen molar-refractivity contribution in [3.63, 3.8) is 0 Å². The van der Waals surface area contributed by atoms with Crippen LogP contribution in [-0.4, -0.2) is 303 Å². The number of nitrogens with zero attached hydrogens (tertiary/aromatic N) is 10. The van der Waals surface area contributed by atoms with Crippen LogP contribution in [-0.2, 0) is 82.6 Å². The summed E-state index contributed by atoms with van der Waals surface area (Å²) in [6.45, 7) is 37.8. The number of unbranched alkanes of at least 4 members (excludes halogenated alkanes) is 2. The highest BCUT2D eigenvalue weighted by molar-refractivity contribution is 6.01. The Labute approximate surface area is 779 Å². The Balaban J connectivity index is 0.000000331. The molecule has 132 heavy (non-hydrogen) atoms. The number of esters is 2. The van der Waals surface area contributed by atoms with E-state index in [2.05, 4.69) is 79.4 Å². The third kappa shape index (κ3) is 28.5. The summed E-state index contributed by atoms with van der Waals surface area (Å²) >= 11 is 0. The second kappa shape index (κ2) is 50.7. The monoisotopic (exact) mass is 1850 g/mol. The molecule has 37 heteroatoms. The molecule has 0 aliphatic carbocycles. The number of cyclic esters (lactones) is 2. The topological polar surface area (TPSA) is 460 Å². The zero-order valence-corrected chi connectivity index (χ0v) is 81.4. The van der Waals surface area contributed by atoms with Gasteiger partial charge in [-0.1, -0.05) is 108 Å². The molecule has 37 nitrogen and oxygen atoms in total. The molecule has 4 amide bonds. The average molecular weight is 1850 g/mol. The van der Waals surface area contributed by atoms with Crippen LogP contribution in [0.1, 0.15) is 174 Å². The maximum atomic E-state index is 14.6. The van der Waals surface area contributed by atoms with Gasteiger partial charge in [-0.2, -0.15) is 0 Å². The van der Waals surface area contributed by atoms with E-state index >= 15 is 0 Å². The van der Waals surface area contributed by atoms with Crippen molar-refractivity contribution in [2.24, 2.45) is 46.5 Å². The van der Waals surface area contributed by atoms with Gasteiger partial charge in [0.05, 0.1) is 53.9 Å². The van der Waals surface area contributed by atoms with Crippen molar-refractivity contribution in [1.29, 1.82) is 0 Å². The maximum Gasteiger partial charge on any atom is 0.410 e. The SMILES string of the molecule is C#Cc1cccc(N)c1.C=CCOC(=O)NCC1CC(N(C)C)C(C)[C@H](O[C@@H]2[C@@H](C)C(=O)[C@@H](C)C(=O)O[C@H](CC)[C@@]3(C)OC(=O)N(CCCCN=[N+]=[N-])[C@@H]3[C@@H](C)NC[C@H](C)C[C@@]2(C)OC)O1.C=CCOC(=O)NCC1CC(N(C)C)C(O)[C@H](O[C@@H]2[C@@H](C)C(=O)[C@@H](C)C(=O)O[C@H](CC)[C@@]3(C)OC(=O)N(CCCCn4cc(-c5cccc(N)c5)nn4)[C@@H]3[C@@H](C)NC[C@H](C)C[C@@]2(C)OC)O1. The molecule has 6 aliphatic rings. The van der Waals surface area contributed by atoms with Crippen LogP contribution in [0.3, 0.4) is 0 Å². The number of aliphatic hydroxyl groups excluding tert-OH is 1. The highest BCUT2D eigenvalue weighted by Crippen LogP contribution is 2.44. The second-order valence-corrected chi connectivity index (χ2v) is 37.3. The lowest BCUT2D eigenvalue weighted by molar-refractivity contribution is -0.296. The molecule has 6 fully saturated rings. The largest absolute Gasteiger partial charge is 0.458 e. The molecule has 0 radical (unpaired) electrons. The first-order valence-electron chi connectivity index (χ1n) is 46.3. The molecular formula is C95H150N16O21. The molecule has 6 unspecified atom stereocenters. The van der Waals surface area contributed by atoms with Gasteiger partial charge in [0, 0.05) is 123 Å². The number of nitrogens with two attached hydrogens (primary N) is 2. The fraction of sp³-hybridized carbons (Fsp3) is 0.705. The van der Waals surface area contributed by atoms with Crippen LogP contribution in [0.4, 0.5) is 30.6 Å². The number of Topliss-reactive ketones (excluding diaryl/α,β-unsaturated/α-hetero) is 2. The van der Waals surface area contributed by atoms with Gasteiger partial charge in [-0.05, 0) is 209 Å². The van der Waals surface area contributed by atoms with E-state index < -0.39 is 162 Å². The molecule has 2 aromatic carbocycles. The maximum absolute atomic E-state index is 14.6. The molecule has 26 atom stereocenters. The van der Waals surface area contributed by atoms with Crippen molar-refractivity contribution in [3.05, 3.63) is 96.0 Å². The number of terminal acetylenes is 1. The number of rotatable bonds is 29. The molecule has 9 N–H and O–H groups in total. The summed E-state index contributed by atoms with van der Waals surface area (Å²) in [6, 6.07) is 12.5. The predicted molar refractivity (Wildman–Crippen MR) is 498 cm³/mol. The Bertz CT molecular complexity index is 4380. The van der Waals surface area contributed by atoms with Gasteiger partial charge < -0.3 is 104 Å². The standard InChI is InChI=1S/C47H74N8O11.C40H69N7O10.C8H7N/c1-12-21-62-44(59)50-26-34-23-36(53(9)10)39(57)43(63-34)65-41-29(4)38(56)30(5)42(58)64-37(13-2)47(8)40(31(6)49-25-28(3)24-46(41,7)61-11)55(45(60)66-47)20-15-14-19-54-27-35(51-52-54)32-17-16-18-33(48)22-32;1-13-19-53-37(50)43-23-29-20-30(46(10)11)25(4)36(54-29)56-34-26(5)32(48)27(6)35(49)55-31(14-2)40(9)33(28(7)42-22-24(3)21-39(34,8)52-12)47(38(51)57-40)18-16-15-17-44-45-41;1-2-7-4-3-5-8(9)6-7/h12,16-18,22,27-31,34,36-37,39-41,43,49,57H,1,13-15,19-21,23-26,48H2,2-11H3,(H,50,59);13,24-31,33-34,36,42H,1,14-23H2,2-12H3,(H,43,50);1,3-6H,9H2/t28-,29+,30-,31-,34?,36?,37-,39?,40-,41-,43+,46-,47-;24-,25?,26+,27-,28-,29?,30?,31-,33-,34-,36+,39-,40-;/m11./s1. The number of anilines is 2. The van der Waals surface area contributed by atoms with Gasteiger partial charge in [0.1, 0.15) is 49.1 Å². The molecule has 7 heterocycles. The molecule has 736 valence electrons. The zero-order chi connectivity index (χ0) is 97.9. The summed E-state index contributed by atoms with van der Waals surface area (Å²) in [4.78, 5) is 119. The molecule has 1 aromatic heterocycles. The summed E-state index contributed by atoms with van der Waals surface area (Å²) in [5, 5.41) is 36.7. The first-order valence-corrected chi connectivity index (χ1v) is 46.3. The van der Waals surface area contributed by atoms with Crippen LogP contribution in [0.15, 0.2) is 85.2 Å². The quantitative estimate of drug-likeness (QED) is 0.00324. The van der Waals surface area contributed by atoms with Crippen LogP contribution >= 0.6 is 0 Å². The number of hydrogen-bond acceptors (Lipinski definition) is 30. The number of ether oxygens (including phenoxy) is 12. The molecule has 0 spiro atoms. The van der Waals surface area contributed by atoms with Gasteiger partial charge in [-0.15, -0.1) is 11.5 Å². The fourth-order valence-electron chi connectivity index (χ4n) is 19.4. The van der Waals surface area contributed by atoms with E-state index in [1.54, 1.807) is 68.5 Å². The number of ketones is 2. The zero-order valence-electron chi connectivity index (χ0n) is 81.4. The number of carbonyl (C=O) groups is 8. The lowest BCUT2D eigenvalue weighted by atomic mass is 9.78. The number of amides is 4. The number of aromatic nitrogens is 3. The molecule has 0 bridgehead atoms. The van der Waals surface area contributed by atoms with Crippen molar-refractivity contribution in [2.75, 3.05) is 113 Å². The number of alkyl carbamates (subject to hydrolysis) is 2. The molecule has 6 saturated heterocycles. The number of hydrogen-bond donors (Lipinski definition) is 7. The summed E-state index contributed by atoms with van der Waals surface area (Å²) in [5.74, 6) is -4.38. The Morgan fingerprint density at radius 2 is 1.12 bits per heavy atom. The number of fused-ring (bicyclic) bond motifs is 2. The van der Waals surface area contributed by atoms with Crippen molar-refractivity contribution >= 4 is 59.3 Å². The minimum atomic E-state index is -1.28. The fourth-order valence-corrected chi connectivity index (χ4v) is 19.4. The highest BCUT2D eigenvalue weighted by Gasteiger charge is 2.61. The Morgan fingerprint density at radius 1 is 0.674 bits per heavy atom. The Morgan fingerprint density at radius 3 is 1.55 bits per heavy atom. The molecule has 3 aromatic rings. The summed E-state index contributed by atoms with van der Waals surface area (Å²) < 4.78 is 75.8. The van der Waals surface area contributed by atoms with Gasteiger partial charge in [0.25, 0.3) is 0 Å². The van der Waals surface area contributed by atoms with Crippen molar-refractivity contribution in [3.8, 4) is 23.6 Å². The van der Waals surface area contributed by atoms with Gasteiger partial charge in [0.2, 0.25) is 0 Å². The van der Waals surface area contributed by atoms with Gasteiger partial charge in [-0.25, -0.2) is 19.2 Å². The summed E-state index contributed by atoms with van der Waals surface area (Å²) in [7, 11) is 10.8. The number of nitrogens with one attached hydrogen (secondary N) is 4. The highest BCUT2D eigenvalue weighted by atomic mass is 16.7. The minimum absolute atomic E-state index is 0.00633. The first-order chi connectivity index (χ1) is 62.5. The number of azide groups is 1. The van der Waals surface area contributed by atoms with E-state index in [0.29, 0.717) is 121 Å². The minimum Gasteiger partial charge on any atom is -0.458 e. The molecule has 0 saturated carbocycles. The van der Waals surface area contributed by atoms with E-state index in [9.17, 15) is 43.5 Å². The number of likely N-dealkylation sites (N-methyl/N-ethyl adjacent to an activating group) is 1. The van der Waals surface area contributed by atoms with Crippen LogP contribution < -0.4 is 32.7 Å². The molecule has 9 rings (SSSR count). The van der Waals surface area contributed by atoms with E-state index in [4.69, 9.17) is 80.3 Å². The van der Waals surface area contributed by atoms with E-state index in [1.165, 1.54) is 26.0 Å². The number of benzene rings is 2. The number of methoxy groups -OCH3 is 2. The van der Waals surface area contributed by atoms with Gasteiger partial charge in [0.15, 0.2) is 35.3 Å². The number of carbonyl (C=O) groups excluding carboxylic acids is 8. The number of nitrogen functional groups attached to an aromatic ring is 2. The van der Waals surface area contributed by atoms with Crippen molar-refractivity contribution in [1.82, 2.24) is 55.9 Å². The number of aliphatic hydroxyl groups is 1. The lowest BCUT2D eigenvalue weighted by Gasteiger charge is -2.47. The predicted octanol–water partition coefficient (Wildman–Crippen LogP) is 10.6. The van der Waals surface area contributed by atoms with Crippen LogP contribution in [0.25, 0.3) is 21.7 Å². The van der Waals surface area contributed by atoms with Crippen LogP contribution in [0.5, 0.6) is 0 Å². The second-order valence-electron chi connectivity index (χ2n) is 37.3. The average Bonchev–Trinajstić information content (AvgIpc) is 1.59. The van der Waals surface area contributed by atoms with Gasteiger partial charge in [-0.3, -0.25) is 33.7 Å². The third-order valence-corrected chi connectivity index (χ3v) is 26.7. The Kier molecular flexibility index (Phi) is 42.0. The van der Waals surface area contributed by atoms with E-state index in [1.807, 2.05) is 124 Å². The van der Waals surface area contributed by atoms with E-state index in [-0.39, 0.29) is 68.0 Å². The summed E-state index contributed by atoms with van der Waals surface area (Å²) in [6.07, 6.45) is 4.72. The van der Waals surface area contributed by atoms with Crippen LogP contribution in [0, 0.1) is 53.8 Å².